The quantitative estimate of drug-likeness (QED) is 0.740. The van der Waals surface area contributed by atoms with Gasteiger partial charge in [-0.25, -0.2) is 4.79 Å². The molecule has 0 bridgehead atoms. The second-order valence-corrected chi connectivity index (χ2v) is 3.25. The standard InChI is InChI=1S/C10H9ClO3/c1-6-4-7(2-3-9(6)12)5-8(11)10(13)14/h2-5,12H,1H3,(H,13,14). The van der Waals surface area contributed by atoms with E-state index >= 15 is 0 Å². The molecule has 14 heavy (non-hydrogen) atoms. The average Bonchev–Trinajstić information content (AvgIpc) is 2.11. The Morgan fingerprint density at radius 2 is 2.14 bits per heavy atom. The normalized spacial score (nSPS) is 11.4. The summed E-state index contributed by atoms with van der Waals surface area (Å²) in [7, 11) is 0. The lowest BCUT2D eigenvalue weighted by Gasteiger charge is -1.99. The van der Waals surface area contributed by atoms with Crippen LogP contribution in [-0.4, -0.2) is 16.2 Å². The van der Waals surface area contributed by atoms with Crippen LogP contribution in [0, 0.1) is 6.92 Å². The topological polar surface area (TPSA) is 57.5 Å². The van der Waals surface area contributed by atoms with Gasteiger partial charge in [0.25, 0.3) is 0 Å². The molecular weight excluding hydrogens is 204 g/mol. The Labute approximate surface area is 86.3 Å². The molecule has 74 valence electrons. The zero-order valence-electron chi connectivity index (χ0n) is 7.49. The van der Waals surface area contributed by atoms with Crippen LogP contribution in [0.15, 0.2) is 23.2 Å². The summed E-state index contributed by atoms with van der Waals surface area (Å²) in [6, 6.07) is 4.74. The van der Waals surface area contributed by atoms with Crippen molar-refractivity contribution in [2.24, 2.45) is 0 Å². The van der Waals surface area contributed by atoms with Gasteiger partial charge in [-0.2, -0.15) is 0 Å². The molecule has 0 aliphatic rings. The molecule has 0 aliphatic heterocycles. The van der Waals surface area contributed by atoms with E-state index in [9.17, 15) is 9.90 Å². The summed E-state index contributed by atoms with van der Waals surface area (Å²) in [5.74, 6) is -0.994. The molecular formula is C10H9ClO3. The van der Waals surface area contributed by atoms with Crippen molar-refractivity contribution in [2.75, 3.05) is 0 Å². The Kier molecular flexibility index (Phi) is 3.14. The van der Waals surface area contributed by atoms with Gasteiger partial charge in [-0.05, 0) is 36.3 Å². The summed E-state index contributed by atoms with van der Waals surface area (Å²) >= 11 is 5.44. The monoisotopic (exact) mass is 212 g/mol. The third-order valence-corrected chi connectivity index (χ3v) is 1.99. The number of hydrogen-bond acceptors (Lipinski definition) is 2. The van der Waals surface area contributed by atoms with E-state index in [4.69, 9.17) is 16.7 Å². The predicted molar refractivity (Wildman–Crippen MR) is 54.3 cm³/mol. The smallest absolute Gasteiger partial charge is 0.347 e. The minimum Gasteiger partial charge on any atom is -0.508 e. The Balaban J connectivity index is 3.04. The highest BCUT2D eigenvalue weighted by molar-refractivity contribution is 6.42. The molecule has 1 aromatic carbocycles. The van der Waals surface area contributed by atoms with E-state index < -0.39 is 5.97 Å². The SMILES string of the molecule is Cc1cc(C=C(Cl)C(=O)O)ccc1O. The summed E-state index contributed by atoms with van der Waals surface area (Å²) in [4.78, 5) is 10.4. The first-order chi connectivity index (χ1) is 6.50. The molecule has 0 spiro atoms. The molecule has 4 heteroatoms. The Morgan fingerprint density at radius 1 is 1.50 bits per heavy atom. The highest BCUT2D eigenvalue weighted by Crippen LogP contribution is 2.19. The fourth-order valence-electron chi connectivity index (χ4n) is 0.977. The molecule has 0 aliphatic carbocycles. The molecule has 0 unspecified atom stereocenters. The molecule has 0 saturated heterocycles. The number of halogens is 1. The van der Waals surface area contributed by atoms with Crippen LogP contribution in [0.4, 0.5) is 0 Å². The van der Waals surface area contributed by atoms with Gasteiger partial charge in [-0.1, -0.05) is 17.7 Å². The minimum atomic E-state index is -1.17. The van der Waals surface area contributed by atoms with Crippen LogP contribution in [0.2, 0.25) is 0 Å². The van der Waals surface area contributed by atoms with Gasteiger partial charge in [0.15, 0.2) is 0 Å². The molecule has 1 aromatic rings. The molecule has 0 amide bonds. The number of phenolic OH excluding ortho intramolecular Hbond substituents is 1. The fourth-order valence-corrected chi connectivity index (χ4v) is 1.10. The maximum Gasteiger partial charge on any atom is 0.347 e. The number of benzene rings is 1. The third kappa shape index (κ3) is 2.50. The first kappa shape index (κ1) is 10.6. The van der Waals surface area contributed by atoms with Crippen LogP contribution >= 0.6 is 11.6 Å². The van der Waals surface area contributed by atoms with Gasteiger partial charge in [0.05, 0.1) is 0 Å². The minimum absolute atomic E-state index is 0.175. The summed E-state index contributed by atoms with van der Waals surface area (Å²) in [6.07, 6.45) is 1.33. The maximum atomic E-state index is 10.4. The van der Waals surface area contributed by atoms with Crippen molar-refractivity contribution in [3.63, 3.8) is 0 Å². The molecule has 2 N–H and O–H groups in total. The molecule has 0 saturated carbocycles. The zero-order valence-corrected chi connectivity index (χ0v) is 8.25. The van der Waals surface area contributed by atoms with Gasteiger partial charge in [-0.15, -0.1) is 0 Å². The highest BCUT2D eigenvalue weighted by Gasteiger charge is 2.03. The second kappa shape index (κ2) is 4.15. The molecule has 0 heterocycles. The van der Waals surface area contributed by atoms with Gasteiger partial charge < -0.3 is 10.2 Å². The number of carbonyl (C=O) groups is 1. The number of aliphatic carboxylic acids is 1. The molecule has 3 nitrogen and oxygen atoms in total. The first-order valence-electron chi connectivity index (χ1n) is 3.91. The molecule has 1 rings (SSSR count). The fraction of sp³-hybridized carbons (Fsp3) is 0.100. The number of hydrogen-bond donors (Lipinski definition) is 2. The van der Waals surface area contributed by atoms with E-state index in [0.29, 0.717) is 11.1 Å². The van der Waals surface area contributed by atoms with Crippen molar-refractivity contribution in [1.82, 2.24) is 0 Å². The Hall–Kier alpha value is -1.48. The number of aromatic hydroxyl groups is 1. The van der Waals surface area contributed by atoms with Crippen LogP contribution < -0.4 is 0 Å². The van der Waals surface area contributed by atoms with Gasteiger partial charge in [0, 0.05) is 0 Å². The van der Waals surface area contributed by atoms with Crippen molar-refractivity contribution < 1.29 is 15.0 Å². The van der Waals surface area contributed by atoms with Gasteiger partial charge in [0.1, 0.15) is 10.8 Å². The van der Waals surface area contributed by atoms with Crippen LogP contribution in [0.3, 0.4) is 0 Å². The molecule has 0 aromatic heterocycles. The molecule has 0 fully saturated rings. The van der Waals surface area contributed by atoms with Crippen LogP contribution in [0.5, 0.6) is 5.75 Å². The average molecular weight is 213 g/mol. The lowest BCUT2D eigenvalue weighted by atomic mass is 10.1. The van der Waals surface area contributed by atoms with Gasteiger partial charge >= 0.3 is 5.97 Å². The van der Waals surface area contributed by atoms with Crippen LogP contribution in [0.1, 0.15) is 11.1 Å². The summed E-state index contributed by atoms with van der Waals surface area (Å²) in [5, 5.41) is 17.5. The molecule has 0 radical (unpaired) electrons. The summed E-state index contributed by atoms with van der Waals surface area (Å²) in [5.41, 5.74) is 1.32. The second-order valence-electron chi connectivity index (χ2n) is 2.84. The van der Waals surface area contributed by atoms with Crippen LogP contribution in [-0.2, 0) is 4.79 Å². The van der Waals surface area contributed by atoms with Crippen LogP contribution in [0.25, 0.3) is 6.08 Å². The lowest BCUT2D eigenvalue weighted by Crippen LogP contribution is -1.93. The lowest BCUT2D eigenvalue weighted by molar-refractivity contribution is -0.131. The number of phenols is 1. The maximum absolute atomic E-state index is 10.4. The van der Waals surface area contributed by atoms with E-state index in [2.05, 4.69) is 0 Å². The number of carboxylic acids is 1. The van der Waals surface area contributed by atoms with Crippen molar-refractivity contribution in [3.8, 4) is 5.75 Å². The largest absolute Gasteiger partial charge is 0.508 e. The third-order valence-electron chi connectivity index (χ3n) is 1.72. The highest BCUT2D eigenvalue weighted by atomic mass is 35.5. The molecule has 0 atom stereocenters. The summed E-state index contributed by atoms with van der Waals surface area (Å²) in [6.45, 7) is 1.72. The number of rotatable bonds is 2. The van der Waals surface area contributed by atoms with Crippen molar-refractivity contribution in [2.45, 2.75) is 6.92 Å². The zero-order chi connectivity index (χ0) is 10.7. The van der Waals surface area contributed by atoms with E-state index in [0.717, 1.165) is 0 Å². The number of aryl methyl sites for hydroxylation is 1. The van der Waals surface area contributed by atoms with Gasteiger partial charge in [-0.3, -0.25) is 0 Å². The van der Waals surface area contributed by atoms with E-state index in [1.54, 1.807) is 19.1 Å². The number of carboxylic acid groups (broad SMARTS) is 1. The van der Waals surface area contributed by atoms with E-state index in [1.807, 2.05) is 0 Å². The first-order valence-corrected chi connectivity index (χ1v) is 4.28. The Morgan fingerprint density at radius 3 is 2.64 bits per heavy atom. The van der Waals surface area contributed by atoms with Crippen molar-refractivity contribution in [3.05, 3.63) is 34.4 Å². The Bertz CT molecular complexity index is 396. The predicted octanol–water partition coefficient (Wildman–Crippen LogP) is 2.36. The van der Waals surface area contributed by atoms with E-state index in [1.165, 1.54) is 12.1 Å². The van der Waals surface area contributed by atoms with Gasteiger partial charge in [0.2, 0.25) is 0 Å². The summed E-state index contributed by atoms with van der Waals surface area (Å²) < 4.78 is 0. The van der Waals surface area contributed by atoms with E-state index in [-0.39, 0.29) is 10.8 Å². The van der Waals surface area contributed by atoms with Crippen molar-refractivity contribution >= 4 is 23.6 Å². The van der Waals surface area contributed by atoms with Crippen molar-refractivity contribution in [1.29, 1.82) is 0 Å².